The highest BCUT2D eigenvalue weighted by Crippen LogP contribution is 2.25. The zero-order chi connectivity index (χ0) is 13.8. The molecule has 0 unspecified atom stereocenters. The number of alkyl halides is 3. The van der Waals surface area contributed by atoms with E-state index in [1.807, 2.05) is 0 Å². The number of carbonyl (C=O) groups is 2. The number of esters is 1. The molecule has 0 spiro atoms. The monoisotopic (exact) mass is 347 g/mol. The first kappa shape index (κ1) is 18.2. The molecule has 1 heterocycles. The van der Waals surface area contributed by atoms with Crippen molar-refractivity contribution < 1.29 is 36.0 Å². The van der Waals surface area contributed by atoms with E-state index >= 15 is 0 Å². The zero-order valence-electron chi connectivity index (χ0n) is 9.61. The van der Waals surface area contributed by atoms with Gasteiger partial charge in [0.2, 0.25) is 9.99 Å². The number of ether oxygens (including phenoxy) is 2. The molecule has 0 aliphatic rings. The predicted octanol–water partition coefficient (Wildman–Crippen LogP) is -0.742. The molecule has 0 fully saturated rings. The van der Waals surface area contributed by atoms with Crippen molar-refractivity contribution in [3.8, 4) is 5.75 Å². The standard InChI is InChI=1S/C10H9Cl3NO4.ClH/c1-7(15)18-8-3-2-4-14(5-8)9(16)17-6-10(11,12)13;/h2-5H,6H2,1H3;1H/q+1;/p-1. The number of nitrogens with zero attached hydrogens (tertiary/aromatic N) is 1. The molecule has 0 saturated carbocycles. The van der Waals surface area contributed by atoms with Gasteiger partial charge in [-0.15, -0.1) is 0 Å². The minimum atomic E-state index is -1.68. The number of rotatable bonds is 2. The third-order valence-electron chi connectivity index (χ3n) is 1.61. The number of pyridine rings is 1. The Kier molecular flexibility index (Phi) is 7.44. The maximum Gasteiger partial charge on any atom is 0.602 e. The second-order valence-corrected chi connectivity index (χ2v) is 5.73. The topological polar surface area (TPSA) is 56.5 Å². The minimum Gasteiger partial charge on any atom is -1.00 e. The molecular formula is C10H9Cl4NO4. The molecule has 0 N–H and O–H groups in total. The van der Waals surface area contributed by atoms with Crippen molar-refractivity contribution >= 4 is 46.9 Å². The van der Waals surface area contributed by atoms with Crippen molar-refractivity contribution in [1.29, 1.82) is 0 Å². The smallest absolute Gasteiger partial charge is 0.602 e. The lowest BCUT2D eigenvalue weighted by molar-refractivity contribution is -0.586. The molecular weight excluding hydrogens is 340 g/mol. The van der Waals surface area contributed by atoms with Gasteiger partial charge in [-0.3, -0.25) is 4.79 Å². The highest BCUT2D eigenvalue weighted by atomic mass is 35.6. The fourth-order valence-electron chi connectivity index (χ4n) is 1.01. The lowest BCUT2D eigenvalue weighted by Gasteiger charge is -2.08. The lowest BCUT2D eigenvalue weighted by atomic mass is 10.4. The Balaban J connectivity index is 0.00000324. The summed E-state index contributed by atoms with van der Waals surface area (Å²) in [6, 6.07) is 3.02. The van der Waals surface area contributed by atoms with Gasteiger partial charge in [0.25, 0.3) is 0 Å². The van der Waals surface area contributed by atoms with Crippen LogP contribution in [0.3, 0.4) is 0 Å². The van der Waals surface area contributed by atoms with Crippen LogP contribution >= 0.6 is 34.8 Å². The van der Waals surface area contributed by atoms with E-state index in [1.165, 1.54) is 31.5 Å². The van der Waals surface area contributed by atoms with Crippen molar-refractivity contribution in [3.05, 3.63) is 24.5 Å². The third kappa shape index (κ3) is 7.42. The number of hydrogen-bond donors (Lipinski definition) is 0. The third-order valence-corrected chi connectivity index (χ3v) is 1.93. The van der Waals surface area contributed by atoms with Crippen LogP contribution in [-0.2, 0) is 9.53 Å². The van der Waals surface area contributed by atoms with E-state index in [2.05, 4.69) is 0 Å². The van der Waals surface area contributed by atoms with Crippen LogP contribution in [0.2, 0.25) is 0 Å². The van der Waals surface area contributed by atoms with E-state index in [-0.39, 0.29) is 24.8 Å². The van der Waals surface area contributed by atoms with Gasteiger partial charge in [-0.1, -0.05) is 39.4 Å². The molecule has 0 radical (unpaired) electrons. The van der Waals surface area contributed by atoms with Crippen LogP contribution in [0.15, 0.2) is 24.5 Å². The number of carbonyl (C=O) groups excluding carboxylic acids is 2. The van der Waals surface area contributed by atoms with Crippen LogP contribution in [0.5, 0.6) is 5.75 Å². The van der Waals surface area contributed by atoms with Gasteiger partial charge in [0.1, 0.15) is 6.61 Å². The fraction of sp³-hybridized carbons (Fsp3) is 0.300. The molecule has 19 heavy (non-hydrogen) atoms. The molecule has 0 aliphatic carbocycles. The van der Waals surface area contributed by atoms with E-state index in [0.29, 0.717) is 0 Å². The normalized spacial score (nSPS) is 10.3. The minimum absolute atomic E-state index is 0. The van der Waals surface area contributed by atoms with Crippen LogP contribution in [-0.4, -0.2) is 22.5 Å². The molecule has 0 aromatic carbocycles. The summed E-state index contributed by atoms with van der Waals surface area (Å²) in [6.45, 7) is 0.861. The summed E-state index contributed by atoms with van der Waals surface area (Å²) in [5.74, 6) is -0.293. The Bertz CT molecular complexity index is 461. The summed E-state index contributed by atoms with van der Waals surface area (Å²) in [6.07, 6.45) is 1.94. The van der Waals surface area contributed by atoms with E-state index in [1.54, 1.807) is 0 Å². The number of hydrogen-bond acceptors (Lipinski definition) is 4. The van der Waals surface area contributed by atoms with Gasteiger partial charge in [0.15, 0.2) is 11.9 Å². The summed E-state index contributed by atoms with van der Waals surface area (Å²) in [5.41, 5.74) is 0. The van der Waals surface area contributed by atoms with Crippen molar-refractivity contribution in [2.24, 2.45) is 0 Å². The van der Waals surface area contributed by atoms with Crippen LogP contribution in [0.1, 0.15) is 6.92 Å². The summed E-state index contributed by atoms with van der Waals surface area (Å²) in [7, 11) is 0. The van der Waals surface area contributed by atoms with E-state index in [4.69, 9.17) is 44.3 Å². The second kappa shape index (κ2) is 7.75. The van der Waals surface area contributed by atoms with Gasteiger partial charge in [-0.25, -0.2) is 0 Å². The summed E-state index contributed by atoms with van der Waals surface area (Å²) < 4.78 is 8.93. The van der Waals surface area contributed by atoms with Gasteiger partial charge < -0.3 is 21.9 Å². The van der Waals surface area contributed by atoms with Gasteiger partial charge in [0, 0.05) is 13.0 Å². The van der Waals surface area contributed by atoms with Crippen LogP contribution in [0.25, 0.3) is 0 Å². The van der Waals surface area contributed by atoms with Gasteiger partial charge in [0.05, 0.1) is 0 Å². The molecule has 9 heteroatoms. The van der Waals surface area contributed by atoms with E-state index < -0.39 is 15.9 Å². The maximum atomic E-state index is 11.6. The summed E-state index contributed by atoms with van der Waals surface area (Å²) >= 11 is 16.3. The highest BCUT2D eigenvalue weighted by molar-refractivity contribution is 6.67. The van der Waals surface area contributed by atoms with E-state index in [0.717, 1.165) is 4.57 Å². The molecule has 0 bridgehead atoms. The predicted molar refractivity (Wildman–Crippen MR) is 65.0 cm³/mol. The Hall–Kier alpha value is -0.750. The SMILES string of the molecule is CC(=O)Oc1ccc[n+](C(=O)OCC(Cl)(Cl)Cl)c1.[Cl-]. The van der Waals surface area contributed by atoms with Gasteiger partial charge in [-0.2, -0.15) is 4.79 Å². The van der Waals surface area contributed by atoms with Crippen molar-refractivity contribution in [2.45, 2.75) is 10.7 Å². The van der Waals surface area contributed by atoms with Crippen LogP contribution in [0, 0.1) is 0 Å². The maximum absolute atomic E-state index is 11.6. The first-order valence-electron chi connectivity index (χ1n) is 4.71. The first-order valence-corrected chi connectivity index (χ1v) is 5.85. The molecule has 5 nitrogen and oxygen atoms in total. The Morgan fingerprint density at radius 1 is 1.37 bits per heavy atom. The molecule has 106 valence electrons. The summed E-state index contributed by atoms with van der Waals surface area (Å²) in [5, 5.41) is 0. The highest BCUT2D eigenvalue weighted by Gasteiger charge is 2.26. The zero-order valence-corrected chi connectivity index (χ0v) is 12.6. The molecule has 0 amide bonds. The average molecular weight is 349 g/mol. The second-order valence-electron chi connectivity index (χ2n) is 3.21. The van der Waals surface area contributed by atoms with Crippen molar-refractivity contribution in [3.63, 3.8) is 0 Å². The van der Waals surface area contributed by atoms with Crippen LogP contribution in [0.4, 0.5) is 4.79 Å². The van der Waals surface area contributed by atoms with Crippen LogP contribution < -0.4 is 21.7 Å². The van der Waals surface area contributed by atoms with Crippen molar-refractivity contribution in [2.75, 3.05) is 6.61 Å². The number of halogens is 4. The first-order chi connectivity index (χ1) is 8.28. The fourth-order valence-corrected chi connectivity index (χ4v) is 1.18. The molecule has 0 atom stereocenters. The quantitative estimate of drug-likeness (QED) is 0.401. The largest absolute Gasteiger partial charge is 1.00 e. The van der Waals surface area contributed by atoms with E-state index in [9.17, 15) is 9.59 Å². The lowest BCUT2D eigenvalue weighted by Crippen LogP contribution is -3.00. The summed E-state index contributed by atoms with van der Waals surface area (Å²) in [4.78, 5) is 22.3. The average Bonchev–Trinajstić information content (AvgIpc) is 2.24. The number of aromatic nitrogens is 1. The molecule has 0 saturated heterocycles. The van der Waals surface area contributed by atoms with Gasteiger partial charge in [-0.05, 0) is 6.07 Å². The molecule has 0 aliphatic heterocycles. The van der Waals surface area contributed by atoms with Gasteiger partial charge >= 0.3 is 12.1 Å². The molecule has 1 aromatic rings. The van der Waals surface area contributed by atoms with Crippen molar-refractivity contribution in [1.82, 2.24) is 0 Å². The Labute approximate surface area is 130 Å². The Morgan fingerprint density at radius 2 is 2.00 bits per heavy atom. The Morgan fingerprint density at radius 3 is 2.53 bits per heavy atom. The molecule has 1 aromatic heterocycles. The molecule has 1 rings (SSSR count).